The molecule has 2 heterocycles. The average molecular weight is 489 g/mol. The van der Waals surface area contributed by atoms with Gasteiger partial charge in [0.25, 0.3) is 5.91 Å². The molecule has 0 N–H and O–H groups in total. The van der Waals surface area contributed by atoms with Crippen LogP contribution in [0.3, 0.4) is 0 Å². The molecule has 33 heavy (non-hydrogen) atoms. The smallest absolute Gasteiger partial charge is 0.327 e. The van der Waals surface area contributed by atoms with Crippen LogP contribution >= 0.6 is 11.6 Å². The lowest BCUT2D eigenvalue weighted by atomic mass is 10.1. The van der Waals surface area contributed by atoms with Crippen LogP contribution in [0.5, 0.6) is 0 Å². The van der Waals surface area contributed by atoms with Gasteiger partial charge in [-0.2, -0.15) is 26.3 Å². The Morgan fingerprint density at radius 1 is 0.970 bits per heavy atom. The number of carbonyl (C=O) groups is 1. The standard InChI is InChI=1S/C21H15ClF6N4O/c1-11-17-29-30-18(12-5-7-13(8-6-12)20(23,24)25)32(17)10-9-31(11)19(33)14-3-2-4-15(16(14)22)21(26,27)28/h2-8,11H,9-10H2,1H3. The van der Waals surface area contributed by atoms with E-state index in [-0.39, 0.29) is 18.7 Å². The van der Waals surface area contributed by atoms with Gasteiger partial charge >= 0.3 is 12.4 Å². The fourth-order valence-electron chi connectivity index (χ4n) is 3.76. The molecule has 1 aromatic heterocycles. The van der Waals surface area contributed by atoms with Gasteiger partial charge in [0.2, 0.25) is 0 Å². The average Bonchev–Trinajstić information content (AvgIpc) is 3.17. The third kappa shape index (κ3) is 4.17. The first-order chi connectivity index (χ1) is 15.4. The van der Waals surface area contributed by atoms with Crippen molar-refractivity contribution in [1.29, 1.82) is 0 Å². The third-order valence-electron chi connectivity index (χ3n) is 5.45. The van der Waals surface area contributed by atoms with Crippen LogP contribution in [-0.4, -0.2) is 32.1 Å². The van der Waals surface area contributed by atoms with E-state index in [1.54, 1.807) is 11.5 Å². The van der Waals surface area contributed by atoms with Crippen molar-refractivity contribution in [3.63, 3.8) is 0 Å². The number of hydrogen-bond acceptors (Lipinski definition) is 3. The zero-order chi connectivity index (χ0) is 24.1. The van der Waals surface area contributed by atoms with Gasteiger partial charge in [-0.25, -0.2) is 0 Å². The molecule has 0 aliphatic carbocycles. The molecular weight excluding hydrogens is 474 g/mol. The van der Waals surface area contributed by atoms with Gasteiger partial charge in [-0.15, -0.1) is 10.2 Å². The van der Waals surface area contributed by atoms with Crippen LogP contribution in [0.1, 0.15) is 40.3 Å². The number of fused-ring (bicyclic) bond motifs is 1. The van der Waals surface area contributed by atoms with Crippen molar-refractivity contribution in [1.82, 2.24) is 19.7 Å². The first-order valence-electron chi connectivity index (χ1n) is 9.67. The predicted molar refractivity (Wildman–Crippen MR) is 106 cm³/mol. The summed E-state index contributed by atoms with van der Waals surface area (Å²) in [6.07, 6.45) is -9.18. The molecule has 2 aromatic carbocycles. The molecule has 1 aliphatic rings. The van der Waals surface area contributed by atoms with Crippen LogP contribution in [0, 0.1) is 0 Å². The molecular formula is C21H15ClF6N4O. The number of amides is 1. The Balaban J connectivity index is 1.63. The van der Waals surface area contributed by atoms with E-state index < -0.39 is 40.5 Å². The summed E-state index contributed by atoms with van der Waals surface area (Å²) >= 11 is 5.90. The molecule has 1 atom stereocenters. The zero-order valence-electron chi connectivity index (χ0n) is 16.9. The highest BCUT2D eigenvalue weighted by molar-refractivity contribution is 6.34. The summed E-state index contributed by atoms with van der Waals surface area (Å²) < 4.78 is 79.6. The number of halogens is 7. The highest BCUT2D eigenvalue weighted by Gasteiger charge is 2.37. The number of benzene rings is 2. The molecule has 12 heteroatoms. The number of aromatic nitrogens is 3. The molecule has 0 spiro atoms. The highest BCUT2D eigenvalue weighted by Crippen LogP contribution is 2.38. The van der Waals surface area contributed by atoms with Crippen LogP contribution in [-0.2, 0) is 18.9 Å². The van der Waals surface area contributed by atoms with Crippen LogP contribution in [0.15, 0.2) is 42.5 Å². The Hall–Kier alpha value is -3.08. The lowest BCUT2D eigenvalue weighted by molar-refractivity contribution is -0.138. The van der Waals surface area contributed by atoms with Crippen LogP contribution in [0.4, 0.5) is 26.3 Å². The Kier molecular flexibility index (Phi) is 5.63. The van der Waals surface area contributed by atoms with E-state index in [4.69, 9.17) is 11.6 Å². The maximum Gasteiger partial charge on any atom is 0.417 e. The molecule has 0 bridgehead atoms. The van der Waals surface area contributed by atoms with E-state index in [1.165, 1.54) is 23.1 Å². The molecule has 4 rings (SSSR count). The van der Waals surface area contributed by atoms with E-state index in [1.807, 2.05) is 0 Å². The van der Waals surface area contributed by atoms with Gasteiger partial charge in [-0.3, -0.25) is 4.79 Å². The summed E-state index contributed by atoms with van der Waals surface area (Å²) in [6, 6.07) is 6.92. The highest BCUT2D eigenvalue weighted by atomic mass is 35.5. The van der Waals surface area contributed by atoms with E-state index >= 15 is 0 Å². The van der Waals surface area contributed by atoms with Gasteiger partial charge in [0, 0.05) is 18.7 Å². The molecule has 1 amide bonds. The van der Waals surface area contributed by atoms with Crippen molar-refractivity contribution in [3.05, 3.63) is 70.0 Å². The Labute approximate surface area is 188 Å². The van der Waals surface area contributed by atoms with Crippen molar-refractivity contribution >= 4 is 17.5 Å². The van der Waals surface area contributed by atoms with Crippen LogP contribution in [0.25, 0.3) is 11.4 Å². The summed E-state index contributed by atoms with van der Waals surface area (Å²) in [7, 11) is 0. The number of hydrogen-bond donors (Lipinski definition) is 0. The predicted octanol–water partition coefficient (Wildman–Crippen LogP) is 5.85. The molecule has 174 valence electrons. The fraction of sp³-hybridized carbons (Fsp3) is 0.286. The normalized spacial score (nSPS) is 16.6. The number of rotatable bonds is 2. The van der Waals surface area contributed by atoms with Crippen molar-refractivity contribution < 1.29 is 31.1 Å². The fourth-order valence-corrected chi connectivity index (χ4v) is 4.07. The second-order valence-corrected chi connectivity index (χ2v) is 7.83. The maximum atomic E-state index is 13.2. The summed E-state index contributed by atoms with van der Waals surface area (Å²) in [5.74, 6) is -0.00805. The second-order valence-electron chi connectivity index (χ2n) is 7.45. The maximum absolute atomic E-state index is 13.2. The quantitative estimate of drug-likeness (QED) is 0.425. The van der Waals surface area contributed by atoms with Gasteiger partial charge in [0.05, 0.1) is 27.8 Å². The minimum Gasteiger partial charge on any atom is -0.327 e. The van der Waals surface area contributed by atoms with Gasteiger partial charge in [-0.1, -0.05) is 29.8 Å². The molecule has 3 aromatic rings. The largest absolute Gasteiger partial charge is 0.417 e. The first kappa shape index (κ1) is 23.1. The summed E-state index contributed by atoms with van der Waals surface area (Å²) in [5.41, 5.74) is -1.77. The minimum atomic E-state index is -4.71. The third-order valence-corrected chi connectivity index (χ3v) is 5.86. The second kappa shape index (κ2) is 8.05. The van der Waals surface area contributed by atoms with Crippen molar-refractivity contribution in [3.8, 4) is 11.4 Å². The Morgan fingerprint density at radius 2 is 1.64 bits per heavy atom. The van der Waals surface area contributed by atoms with Gasteiger partial charge in [0.15, 0.2) is 11.6 Å². The topological polar surface area (TPSA) is 51.0 Å². The number of alkyl halides is 6. The SMILES string of the molecule is CC1c2nnc(-c3ccc(C(F)(F)F)cc3)n2CCN1C(=O)c1cccc(C(F)(F)F)c1Cl. The zero-order valence-corrected chi connectivity index (χ0v) is 17.6. The van der Waals surface area contributed by atoms with Crippen LogP contribution < -0.4 is 0 Å². The van der Waals surface area contributed by atoms with Gasteiger partial charge in [0.1, 0.15) is 0 Å². The molecule has 0 saturated carbocycles. The van der Waals surface area contributed by atoms with Crippen molar-refractivity contribution in [2.45, 2.75) is 31.9 Å². The van der Waals surface area contributed by atoms with Gasteiger partial charge < -0.3 is 9.47 Å². The summed E-state index contributed by atoms with van der Waals surface area (Å²) in [5, 5.41) is 7.45. The van der Waals surface area contributed by atoms with Crippen LogP contribution in [0.2, 0.25) is 5.02 Å². The van der Waals surface area contributed by atoms with E-state index in [9.17, 15) is 31.1 Å². The van der Waals surface area contributed by atoms with Crippen molar-refractivity contribution in [2.75, 3.05) is 6.54 Å². The molecule has 0 fully saturated rings. The van der Waals surface area contributed by atoms with E-state index in [2.05, 4.69) is 10.2 Å². The summed E-state index contributed by atoms with van der Waals surface area (Å²) in [6.45, 7) is 1.95. The Bertz CT molecular complexity index is 1200. The molecule has 5 nitrogen and oxygen atoms in total. The lowest BCUT2D eigenvalue weighted by Crippen LogP contribution is -2.41. The first-order valence-corrected chi connectivity index (χ1v) is 10.0. The molecule has 1 aliphatic heterocycles. The number of nitrogens with zero attached hydrogens (tertiary/aromatic N) is 4. The van der Waals surface area contributed by atoms with E-state index in [0.717, 1.165) is 24.3 Å². The van der Waals surface area contributed by atoms with E-state index in [0.29, 0.717) is 17.2 Å². The van der Waals surface area contributed by atoms with Crippen molar-refractivity contribution in [2.24, 2.45) is 0 Å². The Morgan fingerprint density at radius 3 is 2.24 bits per heavy atom. The lowest BCUT2D eigenvalue weighted by Gasteiger charge is -2.34. The number of carbonyl (C=O) groups excluding carboxylic acids is 1. The molecule has 0 saturated heterocycles. The minimum absolute atomic E-state index is 0.116. The molecule has 1 unspecified atom stereocenters. The van der Waals surface area contributed by atoms with Gasteiger partial charge in [-0.05, 0) is 31.2 Å². The summed E-state index contributed by atoms with van der Waals surface area (Å²) in [4.78, 5) is 14.4. The monoisotopic (exact) mass is 488 g/mol. The molecule has 0 radical (unpaired) electrons.